The molecular formula is C7H16ClN. The Balaban J connectivity index is 0.000000640. The van der Waals surface area contributed by atoms with Crippen molar-refractivity contribution in [2.75, 3.05) is 0 Å². The smallest absolute Gasteiger partial charge is 0.00492 e. The summed E-state index contributed by atoms with van der Waals surface area (Å²) in [7, 11) is 0. The molecule has 0 atom stereocenters. The molecule has 1 aliphatic carbocycles. The van der Waals surface area contributed by atoms with Crippen LogP contribution in [-0.4, -0.2) is 6.04 Å². The largest absolute Gasteiger partial charge is 0.328 e. The first kappa shape index (κ1) is 9.25. The monoisotopic (exact) mass is 149 g/mol. The number of hydrogen-bond acceptors (Lipinski definition) is 1. The highest BCUT2D eigenvalue weighted by atomic mass is 35.5. The van der Waals surface area contributed by atoms with Gasteiger partial charge >= 0.3 is 0 Å². The van der Waals surface area contributed by atoms with Crippen molar-refractivity contribution in [3.63, 3.8) is 0 Å². The highest BCUT2D eigenvalue weighted by Crippen LogP contribution is 2.41. The molecule has 0 unspecified atom stereocenters. The Morgan fingerprint density at radius 1 is 1.56 bits per heavy atom. The third-order valence-electron chi connectivity index (χ3n) is 2.36. The van der Waals surface area contributed by atoms with Gasteiger partial charge in [-0.2, -0.15) is 0 Å². The lowest BCUT2D eigenvalue weighted by Gasteiger charge is -2.42. The average molecular weight is 150 g/mol. The van der Waals surface area contributed by atoms with Crippen molar-refractivity contribution >= 4 is 12.4 Å². The van der Waals surface area contributed by atoms with Gasteiger partial charge in [-0.3, -0.25) is 0 Å². The van der Waals surface area contributed by atoms with E-state index in [-0.39, 0.29) is 12.4 Å². The van der Waals surface area contributed by atoms with Gasteiger partial charge in [0.05, 0.1) is 0 Å². The molecule has 56 valence electrons. The molecule has 0 aromatic rings. The summed E-state index contributed by atoms with van der Waals surface area (Å²) in [6, 6.07) is 0.514. The molecule has 0 heterocycles. The van der Waals surface area contributed by atoms with Gasteiger partial charge in [0.2, 0.25) is 0 Å². The maximum Gasteiger partial charge on any atom is 0.00492 e. The van der Waals surface area contributed by atoms with Gasteiger partial charge in [0.15, 0.2) is 0 Å². The van der Waals surface area contributed by atoms with E-state index in [2.05, 4.69) is 13.8 Å². The summed E-state index contributed by atoms with van der Waals surface area (Å²) in [5.41, 5.74) is 6.24. The molecule has 0 bridgehead atoms. The average Bonchev–Trinajstić information content (AvgIpc) is 1.63. The van der Waals surface area contributed by atoms with Gasteiger partial charge in [0, 0.05) is 6.04 Å². The normalized spacial score (nSPS) is 41.0. The van der Waals surface area contributed by atoms with E-state index in [9.17, 15) is 0 Å². The fraction of sp³-hybridized carbons (Fsp3) is 1.00. The summed E-state index contributed by atoms with van der Waals surface area (Å²) < 4.78 is 0. The first-order valence-corrected chi connectivity index (χ1v) is 3.42. The summed E-state index contributed by atoms with van der Waals surface area (Å²) in [5, 5.41) is 0. The van der Waals surface area contributed by atoms with Gasteiger partial charge in [-0.05, 0) is 18.3 Å². The van der Waals surface area contributed by atoms with Gasteiger partial charge in [-0.15, -0.1) is 12.4 Å². The van der Waals surface area contributed by atoms with Crippen LogP contribution in [-0.2, 0) is 0 Å². The quantitative estimate of drug-likeness (QED) is 0.606. The second-order valence-electron chi connectivity index (χ2n) is 3.33. The molecule has 0 aromatic carbocycles. The molecule has 2 N–H and O–H groups in total. The fourth-order valence-electron chi connectivity index (χ4n) is 1.49. The molecule has 9 heavy (non-hydrogen) atoms. The van der Waals surface area contributed by atoms with Crippen LogP contribution in [0, 0.1) is 5.41 Å². The van der Waals surface area contributed by atoms with Crippen LogP contribution in [0.4, 0.5) is 0 Å². The van der Waals surface area contributed by atoms with E-state index in [1.165, 1.54) is 19.3 Å². The topological polar surface area (TPSA) is 26.0 Å². The highest BCUT2D eigenvalue weighted by Gasteiger charge is 2.35. The predicted octanol–water partition coefficient (Wildman–Crippen LogP) is 1.95. The SMILES string of the molecule is CCC1(C)CC(N)C1.Cl. The van der Waals surface area contributed by atoms with Crippen molar-refractivity contribution in [1.29, 1.82) is 0 Å². The molecule has 0 aromatic heterocycles. The lowest BCUT2D eigenvalue weighted by atomic mass is 9.66. The Morgan fingerprint density at radius 2 is 2.00 bits per heavy atom. The summed E-state index contributed by atoms with van der Waals surface area (Å²) in [5.74, 6) is 0. The van der Waals surface area contributed by atoms with Crippen molar-refractivity contribution in [2.45, 2.75) is 39.2 Å². The molecular weight excluding hydrogens is 134 g/mol. The summed E-state index contributed by atoms with van der Waals surface area (Å²) in [6.07, 6.45) is 3.77. The number of nitrogens with two attached hydrogens (primary N) is 1. The van der Waals surface area contributed by atoms with Crippen molar-refractivity contribution in [2.24, 2.45) is 11.1 Å². The zero-order valence-electron chi connectivity index (χ0n) is 6.18. The molecule has 0 aliphatic heterocycles. The van der Waals surface area contributed by atoms with E-state index in [1.807, 2.05) is 0 Å². The minimum absolute atomic E-state index is 0. The molecule has 0 saturated heterocycles. The van der Waals surface area contributed by atoms with Crippen LogP contribution < -0.4 is 5.73 Å². The zero-order valence-corrected chi connectivity index (χ0v) is 7.00. The molecule has 1 nitrogen and oxygen atoms in total. The minimum atomic E-state index is 0. The van der Waals surface area contributed by atoms with E-state index < -0.39 is 0 Å². The second-order valence-corrected chi connectivity index (χ2v) is 3.33. The number of rotatable bonds is 1. The van der Waals surface area contributed by atoms with Gasteiger partial charge in [0.1, 0.15) is 0 Å². The van der Waals surface area contributed by atoms with Gasteiger partial charge in [-0.1, -0.05) is 20.3 Å². The van der Waals surface area contributed by atoms with Crippen molar-refractivity contribution in [1.82, 2.24) is 0 Å². The first-order chi connectivity index (χ1) is 3.66. The summed E-state index contributed by atoms with van der Waals surface area (Å²) in [6.45, 7) is 4.56. The second kappa shape index (κ2) is 2.89. The minimum Gasteiger partial charge on any atom is -0.328 e. The molecule has 1 saturated carbocycles. The van der Waals surface area contributed by atoms with Crippen molar-refractivity contribution < 1.29 is 0 Å². The summed E-state index contributed by atoms with van der Waals surface area (Å²) in [4.78, 5) is 0. The number of halogens is 1. The maximum absolute atomic E-state index is 5.63. The van der Waals surface area contributed by atoms with E-state index in [4.69, 9.17) is 5.73 Å². The van der Waals surface area contributed by atoms with Crippen LogP contribution in [0.1, 0.15) is 33.1 Å². The molecule has 1 rings (SSSR count). The Hall–Kier alpha value is 0.250. The van der Waals surface area contributed by atoms with Crippen LogP contribution in [0.2, 0.25) is 0 Å². The third-order valence-corrected chi connectivity index (χ3v) is 2.36. The van der Waals surface area contributed by atoms with Gasteiger partial charge < -0.3 is 5.73 Å². The molecule has 0 radical (unpaired) electrons. The van der Waals surface area contributed by atoms with Crippen LogP contribution in [0.5, 0.6) is 0 Å². The fourth-order valence-corrected chi connectivity index (χ4v) is 1.49. The maximum atomic E-state index is 5.63. The van der Waals surface area contributed by atoms with Gasteiger partial charge in [-0.25, -0.2) is 0 Å². The van der Waals surface area contributed by atoms with Crippen molar-refractivity contribution in [3.05, 3.63) is 0 Å². The van der Waals surface area contributed by atoms with Crippen LogP contribution in [0.3, 0.4) is 0 Å². The predicted molar refractivity (Wildman–Crippen MR) is 42.9 cm³/mol. The Morgan fingerprint density at radius 3 is 2.11 bits per heavy atom. The van der Waals surface area contributed by atoms with E-state index >= 15 is 0 Å². The molecule has 0 spiro atoms. The Labute approximate surface area is 63.4 Å². The van der Waals surface area contributed by atoms with Gasteiger partial charge in [0.25, 0.3) is 0 Å². The third kappa shape index (κ3) is 1.84. The standard InChI is InChI=1S/C7H15N.ClH/c1-3-7(2)4-6(8)5-7;/h6H,3-5,8H2,1-2H3;1H. The summed E-state index contributed by atoms with van der Waals surface area (Å²) >= 11 is 0. The molecule has 2 heteroatoms. The van der Waals surface area contributed by atoms with E-state index in [0.29, 0.717) is 11.5 Å². The van der Waals surface area contributed by atoms with E-state index in [0.717, 1.165) is 0 Å². The molecule has 1 aliphatic rings. The Bertz CT molecular complexity index is 86.9. The lowest BCUT2D eigenvalue weighted by molar-refractivity contribution is 0.123. The van der Waals surface area contributed by atoms with Crippen molar-refractivity contribution in [3.8, 4) is 0 Å². The van der Waals surface area contributed by atoms with Crippen LogP contribution in [0.15, 0.2) is 0 Å². The first-order valence-electron chi connectivity index (χ1n) is 3.42. The van der Waals surface area contributed by atoms with E-state index in [1.54, 1.807) is 0 Å². The van der Waals surface area contributed by atoms with Crippen LogP contribution in [0.25, 0.3) is 0 Å². The van der Waals surface area contributed by atoms with Crippen LogP contribution >= 0.6 is 12.4 Å². The highest BCUT2D eigenvalue weighted by molar-refractivity contribution is 5.85. The molecule has 1 fully saturated rings. The number of hydrogen-bond donors (Lipinski definition) is 1. The molecule has 0 amide bonds. The lowest BCUT2D eigenvalue weighted by Crippen LogP contribution is -2.43. The zero-order chi connectivity index (χ0) is 6.20. The Kier molecular flexibility index (Phi) is 2.97.